The summed E-state index contributed by atoms with van der Waals surface area (Å²) in [5, 5.41) is 23.9. The van der Waals surface area contributed by atoms with Gasteiger partial charge in [-0.2, -0.15) is 0 Å². The molecule has 2 aliphatic rings. The number of nitrogens with one attached hydrogen (secondary N) is 1. The van der Waals surface area contributed by atoms with E-state index in [4.69, 9.17) is 4.74 Å². The van der Waals surface area contributed by atoms with E-state index in [0.29, 0.717) is 31.9 Å². The predicted octanol–water partition coefficient (Wildman–Crippen LogP) is 2.16. The van der Waals surface area contributed by atoms with Crippen LogP contribution in [0, 0.1) is 10.1 Å². The first-order valence-electron chi connectivity index (χ1n) is 12.6. The molecule has 2 aliphatic heterocycles. The summed E-state index contributed by atoms with van der Waals surface area (Å²) < 4.78 is 5.40. The van der Waals surface area contributed by atoms with Crippen LogP contribution in [0.15, 0.2) is 48.5 Å². The summed E-state index contributed by atoms with van der Waals surface area (Å²) in [6.07, 6.45) is -0.0567. The number of carbonyl (C=O) groups is 2. The van der Waals surface area contributed by atoms with Crippen LogP contribution in [0.5, 0.6) is 0 Å². The highest BCUT2D eigenvalue weighted by Crippen LogP contribution is 2.51. The number of non-ortho nitro benzene ring substituents is 1. The van der Waals surface area contributed by atoms with Crippen LogP contribution < -0.4 is 5.32 Å². The zero-order chi connectivity index (χ0) is 26.6. The Kier molecular flexibility index (Phi) is 8.21. The van der Waals surface area contributed by atoms with Gasteiger partial charge in [-0.1, -0.05) is 36.4 Å². The Balaban J connectivity index is 1.76. The fraction of sp³-hybridized carbons (Fsp3) is 0.481. The molecule has 2 amide bonds. The van der Waals surface area contributed by atoms with Crippen molar-refractivity contribution in [3.8, 4) is 0 Å². The van der Waals surface area contributed by atoms with Crippen molar-refractivity contribution >= 4 is 17.5 Å². The number of amides is 2. The molecule has 2 fully saturated rings. The molecule has 10 heteroatoms. The standard InChI is InChI=1S/C27H34N4O6/c1-19(2)30-24(33)17-27(22-7-9-23(10-8-22)31(35)36,25(30)21-5-3-20(18-32)4-6-21)26(34)28-11-12-29-13-15-37-16-14-29/h3-10,19,25,32H,11-18H2,1-2H3,(H,28,34)/t25-,27-/m1/s1. The number of aliphatic hydroxyl groups excluding tert-OH is 1. The van der Waals surface area contributed by atoms with Gasteiger partial charge in [0.15, 0.2) is 0 Å². The first-order valence-corrected chi connectivity index (χ1v) is 12.6. The number of morpholine rings is 1. The highest BCUT2D eigenvalue weighted by atomic mass is 16.6. The fourth-order valence-electron chi connectivity index (χ4n) is 5.43. The number of hydrogen-bond donors (Lipinski definition) is 2. The third-order valence-electron chi connectivity index (χ3n) is 7.31. The maximum atomic E-state index is 14.1. The molecular formula is C27H34N4O6. The molecule has 37 heavy (non-hydrogen) atoms. The van der Waals surface area contributed by atoms with E-state index in [1.54, 1.807) is 29.2 Å². The Hall–Kier alpha value is -3.34. The average Bonchev–Trinajstić information content (AvgIpc) is 3.23. The number of aliphatic hydroxyl groups is 1. The number of likely N-dealkylation sites (tertiary alicyclic amines) is 1. The van der Waals surface area contributed by atoms with Crippen molar-refractivity contribution in [2.75, 3.05) is 39.4 Å². The van der Waals surface area contributed by atoms with Crippen LogP contribution >= 0.6 is 0 Å². The SMILES string of the molecule is CC(C)N1C(=O)C[C@@](C(=O)NCCN2CCOCC2)(c2ccc([N+](=O)[O-])cc2)[C@H]1c1ccc(CO)cc1. The van der Waals surface area contributed by atoms with Crippen LogP contribution in [-0.2, 0) is 26.3 Å². The average molecular weight is 511 g/mol. The number of nitro benzene ring substituents is 1. The second-order valence-corrected chi connectivity index (χ2v) is 9.86. The Morgan fingerprint density at radius 3 is 2.38 bits per heavy atom. The van der Waals surface area contributed by atoms with Gasteiger partial charge in [-0.15, -0.1) is 0 Å². The van der Waals surface area contributed by atoms with Crippen LogP contribution in [-0.4, -0.2) is 77.1 Å². The molecule has 0 spiro atoms. The molecule has 4 rings (SSSR count). The smallest absolute Gasteiger partial charge is 0.269 e. The summed E-state index contributed by atoms with van der Waals surface area (Å²) in [4.78, 5) is 42.4. The van der Waals surface area contributed by atoms with Crippen LogP contribution in [0.2, 0.25) is 0 Å². The second kappa shape index (κ2) is 11.4. The normalized spacial score (nSPS) is 22.4. The molecular weight excluding hydrogens is 476 g/mol. The Bertz CT molecular complexity index is 1110. The van der Waals surface area contributed by atoms with Crippen molar-refractivity contribution < 1.29 is 24.4 Å². The molecule has 0 saturated carbocycles. The molecule has 198 valence electrons. The van der Waals surface area contributed by atoms with Gasteiger partial charge in [0.25, 0.3) is 5.69 Å². The lowest BCUT2D eigenvalue weighted by Crippen LogP contribution is -2.51. The van der Waals surface area contributed by atoms with E-state index in [1.807, 2.05) is 26.0 Å². The van der Waals surface area contributed by atoms with E-state index in [2.05, 4.69) is 10.2 Å². The summed E-state index contributed by atoms with van der Waals surface area (Å²) >= 11 is 0. The van der Waals surface area contributed by atoms with E-state index in [1.165, 1.54) is 12.1 Å². The lowest BCUT2D eigenvalue weighted by molar-refractivity contribution is -0.384. The van der Waals surface area contributed by atoms with Crippen LogP contribution in [0.4, 0.5) is 5.69 Å². The monoisotopic (exact) mass is 510 g/mol. The summed E-state index contributed by atoms with van der Waals surface area (Å²) in [5.74, 6) is -0.449. The summed E-state index contributed by atoms with van der Waals surface area (Å²) in [7, 11) is 0. The highest BCUT2D eigenvalue weighted by Gasteiger charge is 2.58. The molecule has 0 unspecified atom stereocenters. The molecule has 2 saturated heterocycles. The molecule has 2 heterocycles. The number of benzene rings is 2. The van der Waals surface area contributed by atoms with Crippen molar-refractivity contribution in [1.82, 2.24) is 15.1 Å². The van der Waals surface area contributed by atoms with E-state index < -0.39 is 16.4 Å². The predicted molar refractivity (Wildman–Crippen MR) is 137 cm³/mol. The Morgan fingerprint density at radius 1 is 1.16 bits per heavy atom. The number of nitro groups is 1. The van der Waals surface area contributed by atoms with Gasteiger partial charge >= 0.3 is 0 Å². The van der Waals surface area contributed by atoms with E-state index >= 15 is 0 Å². The van der Waals surface area contributed by atoms with Crippen molar-refractivity contribution in [3.63, 3.8) is 0 Å². The number of hydrogen-bond acceptors (Lipinski definition) is 7. The first kappa shape index (κ1) is 26.7. The highest BCUT2D eigenvalue weighted by molar-refractivity contribution is 5.98. The molecule has 2 aromatic carbocycles. The maximum Gasteiger partial charge on any atom is 0.269 e. The zero-order valence-corrected chi connectivity index (χ0v) is 21.3. The van der Waals surface area contributed by atoms with Crippen molar-refractivity contribution in [2.45, 2.75) is 44.4 Å². The van der Waals surface area contributed by atoms with Crippen LogP contribution in [0.25, 0.3) is 0 Å². The third-order valence-corrected chi connectivity index (χ3v) is 7.31. The minimum Gasteiger partial charge on any atom is -0.392 e. The molecule has 2 atom stereocenters. The molecule has 0 radical (unpaired) electrons. The number of rotatable bonds is 9. The van der Waals surface area contributed by atoms with E-state index in [9.17, 15) is 24.8 Å². The van der Waals surface area contributed by atoms with Crippen LogP contribution in [0.3, 0.4) is 0 Å². The number of carbonyl (C=O) groups excluding carboxylic acids is 2. The van der Waals surface area contributed by atoms with Gasteiger partial charge in [-0.25, -0.2) is 0 Å². The molecule has 10 nitrogen and oxygen atoms in total. The van der Waals surface area contributed by atoms with Gasteiger partial charge in [0.1, 0.15) is 5.41 Å². The largest absolute Gasteiger partial charge is 0.392 e. The van der Waals surface area contributed by atoms with Crippen LogP contribution in [0.1, 0.15) is 43.0 Å². The third kappa shape index (κ3) is 5.36. The lowest BCUT2D eigenvalue weighted by Gasteiger charge is -2.39. The molecule has 2 aromatic rings. The molecule has 2 N–H and O–H groups in total. The Morgan fingerprint density at radius 2 is 1.81 bits per heavy atom. The van der Waals surface area contributed by atoms with Gasteiger partial charge in [0.2, 0.25) is 11.8 Å². The lowest BCUT2D eigenvalue weighted by atomic mass is 9.70. The fourth-order valence-corrected chi connectivity index (χ4v) is 5.43. The van der Waals surface area contributed by atoms with E-state index in [0.717, 1.165) is 24.2 Å². The molecule has 0 aliphatic carbocycles. The number of nitrogens with zero attached hydrogens (tertiary/aromatic N) is 3. The van der Waals surface area contributed by atoms with Gasteiger partial charge in [-0.05, 0) is 30.5 Å². The van der Waals surface area contributed by atoms with Gasteiger partial charge in [0, 0.05) is 50.8 Å². The molecule has 0 bridgehead atoms. The second-order valence-electron chi connectivity index (χ2n) is 9.86. The van der Waals surface area contributed by atoms with Crippen molar-refractivity contribution in [2.24, 2.45) is 0 Å². The minimum absolute atomic E-state index is 0.0567. The zero-order valence-electron chi connectivity index (χ0n) is 21.3. The van der Waals surface area contributed by atoms with Gasteiger partial charge in [-0.3, -0.25) is 24.6 Å². The van der Waals surface area contributed by atoms with Gasteiger partial charge in [0.05, 0.1) is 30.8 Å². The van der Waals surface area contributed by atoms with E-state index in [-0.39, 0.29) is 36.6 Å². The van der Waals surface area contributed by atoms with Crippen molar-refractivity contribution in [1.29, 1.82) is 0 Å². The molecule has 0 aromatic heterocycles. The number of ether oxygens (including phenoxy) is 1. The summed E-state index contributed by atoms with van der Waals surface area (Å²) in [6.45, 7) is 7.67. The summed E-state index contributed by atoms with van der Waals surface area (Å²) in [5.41, 5.74) is 0.663. The van der Waals surface area contributed by atoms with Crippen molar-refractivity contribution in [3.05, 3.63) is 75.3 Å². The topological polar surface area (TPSA) is 125 Å². The Labute approximate surface area is 216 Å². The maximum absolute atomic E-state index is 14.1. The minimum atomic E-state index is -1.29. The van der Waals surface area contributed by atoms with Gasteiger partial charge < -0.3 is 20.1 Å². The quantitative estimate of drug-likeness (QED) is 0.391. The summed E-state index contributed by atoms with van der Waals surface area (Å²) in [6, 6.07) is 12.4. The first-order chi connectivity index (χ1) is 17.8.